The number of hydrogen-bond donors (Lipinski definition) is 2. The minimum absolute atomic E-state index is 0.265. The van der Waals surface area contributed by atoms with Crippen molar-refractivity contribution in [1.82, 2.24) is 15.5 Å². The Bertz CT molecular complexity index is 382. The normalized spacial score (nSPS) is 24.8. The first-order valence-corrected chi connectivity index (χ1v) is 5.50. The van der Waals surface area contributed by atoms with E-state index in [9.17, 15) is 4.79 Å². The lowest BCUT2D eigenvalue weighted by atomic mass is 9.92. The van der Waals surface area contributed by atoms with Gasteiger partial charge in [0, 0.05) is 0 Å². The molecule has 1 aliphatic rings. The summed E-state index contributed by atoms with van der Waals surface area (Å²) in [4.78, 5) is 14.6. The summed E-state index contributed by atoms with van der Waals surface area (Å²) in [5, 5.41) is 15.6. The number of carboxylic acids is 1. The molecule has 0 spiro atoms. The second-order valence-corrected chi connectivity index (χ2v) is 4.09. The lowest BCUT2D eigenvalue weighted by molar-refractivity contribution is 0.0680. The summed E-state index contributed by atoms with van der Waals surface area (Å²) in [5.41, 5.74) is -0.310. The van der Waals surface area contributed by atoms with Gasteiger partial charge in [0.25, 0.3) is 5.82 Å². The SMILES string of the molecule is CCCC1(c2nc(C(=O)O)no2)CCCN1. The molecule has 0 saturated carbocycles. The molecule has 1 atom stereocenters. The largest absolute Gasteiger partial charge is 0.475 e. The summed E-state index contributed by atoms with van der Waals surface area (Å²) in [6.07, 6.45) is 3.83. The van der Waals surface area contributed by atoms with Crippen LogP contribution in [-0.2, 0) is 5.54 Å². The second kappa shape index (κ2) is 4.21. The van der Waals surface area contributed by atoms with Crippen molar-refractivity contribution < 1.29 is 14.4 Å². The predicted molar refractivity (Wildman–Crippen MR) is 55.1 cm³/mol. The summed E-state index contributed by atoms with van der Waals surface area (Å²) in [5.74, 6) is -1.01. The van der Waals surface area contributed by atoms with Gasteiger partial charge in [-0.3, -0.25) is 0 Å². The maximum atomic E-state index is 10.7. The highest BCUT2D eigenvalue weighted by Crippen LogP contribution is 2.34. The van der Waals surface area contributed by atoms with Gasteiger partial charge in [0.15, 0.2) is 0 Å². The van der Waals surface area contributed by atoms with Crippen LogP contribution in [0.4, 0.5) is 0 Å². The van der Waals surface area contributed by atoms with Crippen molar-refractivity contribution >= 4 is 5.97 Å². The highest BCUT2D eigenvalue weighted by molar-refractivity contribution is 5.82. The number of aromatic carboxylic acids is 1. The number of rotatable bonds is 4. The molecule has 1 aliphatic heterocycles. The van der Waals surface area contributed by atoms with Crippen molar-refractivity contribution in [1.29, 1.82) is 0 Å². The van der Waals surface area contributed by atoms with Crippen molar-refractivity contribution in [3.63, 3.8) is 0 Å². The first-order valence-electron chi connectivity index (χ1n) is 5.50. The maximum Gasteiger partial charge on any atom is 0.377 e. The summed E-state index contributed by atoms with van der Waals surface area (Å²) >= 11 is 0. The Morgan fingerprint density at radius 1 is 1.69 bits per heavy atom. The fraction of sp³-hybridized carbons (Fsp3) is 0.700. The van der Waals surface area contributed by atoms with Crippen molar-refractivity contribution in [2.75, 3.05) is 6.54 Å². The smallest absolute Gasteiger partial charge is 0.377 e. The van der Waals surface area contributed by atoms with E-state index in [1.807, 2.05) is 0 Å². The molecule has 1 aromatic heterocycles. The van der Waals surface area contributed by atoms with E-state index in [2.05, 4.69) is 22.4 Å². The van der Waals surface area contributed by atoms with E-state index in [-0.39, 0.29) is 11.4 Å². The van der Waals surface area contributed by atoms with Gasteiger partial charge in [0.2, 0.25) is 5.89 Å². The molecule has 0 aromatic carbocycles. The average molecular weight is 225 g/mol. The highest BCUT2D eigenvalue weighted by atomic mass is 16.5. The van der Waals surface area contributed by atoms with Crippen molar-refractivity contribution in [3.8, 4) is 0 Å². The zero-order valence-corrected chi connectivity index (χ0v) is 9.19. The number of nitrogens with one attached hydrogen (secondary N) is 1. The molecule has 0 radical (unpaired) electrons. The van der Waals surface area contributed by atoms with Gasteiger partial charge in [-0.05, 0) is 31.0 Å². The second-order valence-electron chi connectivity index (χ2n) is 4.09. The van der Waals surface area contributed by atoms with Crippen LogP contribution in [0.1, 0.15) is 49.1 Å². The van der Waals surface area contributed by atoms with E-state index < -0.39 is 5.97 Å². The van der Waals surface area contributed by atoms with E-state index in [0.717, 1.165) is 32.2 Å². The van der Waals surface area contributed by atoms with E-state index in [1.54, 1.807) is 0 Å². The van der Waals surface area contributed by atoms with Gasteiger partial charge in [-0.25, -0.2) is 4.79 Å². The number of hydrogen-bond acceptors (Lipinski definition) is 5. The zero-order chi connectivity index (χ0) is 11.6. The third-order valence-electron chi connectivity index (χ3n) is 2.95. The quantitative estimate of drug-likeness (QED) is 0.799. The Hall–Kier alpha value is -1.43. The molecular formula is C10H15N3O3. The van der Waals surface area contributed by atoms with Gasteiger partial charge in [0.1, 0.15) is 0 Å². The topological polar surface area (TPSA) is 88.2 Å². The molecule has 6 nitrogen and oxygen atoms in total. The van der Waals surface area contributed by atoms with E-state index in [0.29, 0.717) is 5.89 Å². The Kier molecular flexibility index (Phi) is 2.91. The van der Waals surface area contributed by atoms with E-state index in [1.165, 1.54) is 0 Å². The number of carboxylic acid groups (broad SMARTS) is 1. The van der Waals surface area contributed by atoms with Gasteiger partial charge < -0.3 is 14.9 Å². The minimum atomic E-state index is -1.15. The predicted octanol–water partition coefficient (Wildman–Crippen LogP) is 1.15. The number of carbonyl (C=O) groups is 1. The Balaban J connectivity index is 2.28. The molecule has 2 N–H and O–H groups in total. The monoisotopic (exact) mass is 225 g/mol. The molecule has 1 unspecified atom stereocenters. The van der Waals surface area contributed by atoms with Crippen LogP contribution in [0.3, 0.4) is 0 Å². The molecule has 1 fully saturated rings. The van der Waals surface area contributed by atoms with Crippen LogP contribution in [-0.4, -0.2) is 27.8 Å². The van der Waals surface area contributed by atoms with Crippen LogP contribution < -0.4 is 5.32 Å². The maximum absolute atomic E-state index is 10.7. The first-order chi connectivity index (χ1) is 7.68. The molecule has 16 heavy (non-hydrogen) atoms. The van der Waals surface area contributed by atoms with Crippen LogP contribution >= 0.6 is 0 Å². The standard InChI is InChI=1S/C10H15N3O3/c1-2-4-10(5-3-6-11-10)9-12-7(8(14)15)13-16-9/h11H,2-6H2,1H3,(H,14,15). The molecule has 0 aliphatic carbocycles. The van der Waals surface area contributed by atoms with Crippen molar-refractivity contribution in [2.45, 2.75) is 38.1 Å². The molecule has 0 bridgehead atoms. The summed E-state index contributed by atoms with van der Waals surface area (Å²) in [6, 6.07) is 0. The Morgan fingerprint density at radius 2 is 2.50 bits per heavy atom. The van der Waals surface area contributed by atoms with E-state index in [4.69, 9.17) is 9.63 Å². The fourth-order valence-electron chi connectivity index (χ4n) is 2.24. The molecule has 2 rings (SSSR count). The minimum Gasteiger partial charge on any atom is -0.475 e. The van der Waals surface area contributed by atoms with Gasteiger partial charge in [0.05, 0.1) is 5.54 Å². The highest BCUT2D eigenvalue weighted by Gasteiger charge is 2.40. The molecule has 88 valence electrons. The number of nitrogens with zero attached hydrogens (tertiary/aromatic N) is 2. The molecule has 6 heteroatoms. The van der Waals surface area contributed by atoms with Crippen LogP contribution in [0.5, 0.6) is 0 Å². The third-order valence-corrected chi connectivity index (χ3v) is 2.95. The molecule has 2 heterocycles. The first kappa shape index (κ1) is 11.1. The van der Waals surface area contributed by atoms with E-state index >= 15 is 0 Å². The average Bonchev–Trinajstić information content (AvgIpc) is 2.85. The lowest BCUT2D eigenvalue weighted by Crippen LogP contribution is -2.37. The summed E-state index contributed by atoms with van der Waals surface area (Å²) in [6.45, 7) is 2.99. The molecule has 1 aromatic rings. The van der Waals surface area contributed by atoms with Crippen LogP contribution in [0.25, 0.3) is 0 Å². The van der Waals surface area contributed by atoms with Crippen LogP contribution in [0.2, 0.25) is 0 Å². The van der Waals surface area contributed by atoms with Crippen LogP contribution in [0.15, 0.2) is 4.52 Å². The zero-order valence-electron chi connectivity index (χ0n) is 9.19. The molecule has 1 saturated heterocycles. The molecule has 0 amide bonds. The number of aromatic nitrogens is 2. The Labute approximate surface area is 93.0 Å². The fourth-order valence-corrected chi connectivity index (χ4v) is 2.24. The van der Waals surface area contributed by atoms with Crippen molar-refractivity contribution in [2.24, 2.45) is 0 Å². The van der Waals surface area contributed by atoms with Gasteiger partial charge in [-0.2, -0.15) is 4.98 Å². The lowest BCUT2D eigenvalue weighted by Gasteiger charge is -2.24. The molecular weight excluding hydrogens is 210 g/mol. The summed E-state index contributed by atoms with van der Waals surface area (Å²) < 4.78 is 5.06. The van der Waals surface area contributed by atoms with Gasteiger partial charge >= 0.3 is 5.97 Å². The Morgan fingerprint density at radius 3 is 3.00 bits per heavy atom. The van der Waals surface area contributed by atoms with Crippen molar-refractivity contribution in [3.05, 3.63) is 11.7 Å². The third kappa shape index (κ3) is 1.80. The summed E-state index contributed by atoms with van der Waals surface area (Å²) in [7, 11) is 0. The van der Waals surface area contributed by atoms with Gasteiger partial charge in [-0.15, -0.1) is 0 Å². The van der Waals surface area contributed by atoms with Crippen LogP contribution in [0, 0.1) is 0 Å². The van der Waals surface area contributed by atoms with Gasteiger partial charge in [-0.1, -0.05) is 13.3 Å².